The fraction of sp³-hybridized carbons (Fsp3) is 0.364. The number of benzene rings is 1. The van der Waals surface area contributed by atoms with Crippen LogP contribution in [0.15, 0.2) is 35.3 Å². The van der Waals surface area contributed by atoms with Gasteiger partial charge in [0.25, 0.3) is 0 Å². The summed E-state index contributed by atoms with van der Waals surface area (Å²) in [4.78, 5) is 4.38. The van der Waals surface area contributed by atoms with Gasteiger partial charge >= 0.3 is 0 Å². The van der Waals surface area contributed by atoms with Crippen LogP contribution in [0.1, 0.15) is 18.4 Å². The lowest BCUT2D eigenvalue weighted by Crippen LogP contribution is -1.84. The van der Waals surface area contributed by atoms with Gasteiger partial charge in [-0.1, -0.05) is 30.3 Å². The van der Waals surface area contributed by atoms with Crippen LogP contribution in [0.5, 0.6) is 0 Å². The summed E-state index contributed by atoms with van der Waals surface area (Å²) in [6.45, 7) is 1.02. The van der Waals surface area contributed by atoms with Crippen LogP contribution >= 0.6 is 0 Å². The first kappa shape index (κ1) is 7.53. The summed E-state index contributed by atoms with van der Waals surface area (Å²) < 4.78 is 0. The first-order valence-electron chi connectivity index (χ1n) is 4.50. The Balaban J connectivity index is 1.89. The van der Waals surface area contributed by atoms with E-state index in [1.54, 1.807) is 0 Å². The molecule has 62 valence electrons. The van der Waals surface area contributed by atoms with Crippen LogP contribution in [0.2, 0.25) is 0 Å². The molecule has 0 aliphatic heterocycles. The lowest BCUT2D eigenvalue weighted by Gasteiger charge is -1.90. The Morgan fingerprint density at radius 2 is 2.00 bits per heavy atom. The van der Waals surface area contributed by atoms with Gasteiger partial charge in [-0.25, -0.2) is 0 Å². The largest absolute Gasteiger partial charge is 0.292 e. The van der Waals surface area contributed by atoms with Crippen LogP contribution in [-0.2, 0) is 0 Å². The van der Waals surface area contributed by atoms with Crippen molar-refractivity contribution in [1.82, 2.24) is 0 Å². The van der Waals surface area contributed by atoms with Gasteiger partial charge in [-0.15, -0.1) is 0 Å². The van der Waals surface area contributed by atoms with Crippen LogP contribution < -0.4 is 0 Å². The highest BCUT2D eigenvalue weighted by atomic mass is 14.7. The SMILES string of the molecule is C(=NCC1CC1)c1ccccc1. The van der Waals surface area contributed by atoms with Gasteiger partial charge in [0.1, 0.15) is 0 Å². The Morgan fingerprint density at radius 1 is 1.25 bits per heavy atom. The molecule has 0 N–H and O–H groups in total. The van der Waals surface area contributed by atoms with Crippen molar-refractivity contribution in [3.8, 4) is 0 Å². The summed E-state index contributed by atoms with van der Waals surface area (Å²) in [7, 11) is 0. The number of nitrogens with zero attached hydrogens (tertiary/aromatic N) is 1. The molecule has 1 fully saturated rings. The van der Waals surface area contributed by atoms with E-state index in [1.807, 2.05) is 24.4 Å². The van der Waals surface area contributed by atoms with Crippen LogP contribution in [0.4, 0.5) is 0 Å². The number of hydrogen-bond acceptors (Lipinski definition) is 1. The molecule has 2 rings (SSSR count). The Hall–Kier alpha value is -1.11. The van der Waals surface area contributed by atoms with Crippen molar-refractivity contribution in [2.24, 2.45) is 10.9 Å². The molecule has 0 saturated heterocycles. The van der Waals surface area contributed by atoms with E-state index >= 15 is 0 Å². The van der Waals surface area contributed by atoms with Crippen molar-refractivity contribution in [1.29, 1.82) is 0 Å². The second kappa shape index (κ2) is 3.53. The summed E-state index contributed by atoms with van der Waals surface area (Å²) in [5.74, 6) is 0.893. The molecular formula is C11H13N. The molecule has 1 aromatic carbocycles. The zero-order valence-corrected chi connectivity index (χ0v) is 7.11. The molecule has 1 heteroatoms. The van der Waals surface area contributed by atoms with Gasteiger partial charge < -0.3 is 0 Å². The number of aliphatic imine (C=N–C) groups is 1. The maximum Gasteiger partial charge on any atom is 0.0417 e. The summed E-state index contributed by atoms with van der Waals surface area (Å²) >= 11 is 0. The molecule has 0 spiro atoms. The van der Waals surface area contributed by atoms with Gasteiger partial charge in [0.05, 0.1) is 0 Å². The Labute approximate surface area is 73.1 Å². The topological polar surface area (TPSA) is 12.4 Å². The van der Waals surface area contributed by atoms with Gasteiger partial charge in [-0.3, -0.25) is 4.99 Å². The quantitative estimate of drug-likeness (QED) is 0.601. The fourth-order valence-electron chi connectivity index (χ4n) is 1.15. The zero-order chi connectivity index (χ0) is 8.23. The highest BCUT2D eigenvalue weighted by Gasteiger charge is 2.19. The predicted molar refractivity (Wildman–Crippen MR) is 51.6 cm³/mol. The summed E-state index contributed by atoms with van der Waals surface area (Å²) in [5, 5.41) is 0. The number of hydrogen-bond donors (Lipinski definition) is 0. The average molecular weight is 159 g/mol. The van der Waals surface area contributed by atoms with E-state index in [4.69, 9.17) is 0 Å². The monoisotopic (exact) mass is 159 g/mol. The third-order valence-corrected chi connectivity index (χ3v) is 2.10. The van der Waals surface area contributed by atoms with Gasteiger partial charge in [0.15, 0.2) is 0 Å². The molecule has 12 heavy (non-hydrogen) atoms. The predicted octanol–water partition coefficient (Wildman–Crippen LogP) is 2.52. The van der Waals surface area contributed by atoms with E-state index in [0.717, 1.165) is 12.5 Å². The number of rotatable bonds is 3. The molecular weight excluding hydrogens is 146 g/mol. The van der Waals surface area contributed by atoms with Gasteiger partial charge in [0, 0.05) is 12.8 Å². The van der Waals surface area contributed by atoms with Gasteiger partial charge in [-0.05, 0) is 24.3 Å². The first-order valence-corrected chi connectivity index (χ1v) is 4.50. The second-order valence-electron chi connectivity index (χ2n) is 3.35. The summed E-state index contributed by atoms with van der Waals surface area (Å²) in [5.41, 5.74) is 1.21. The van der Waals surface area contributed by atoms with Crippen molar-refractivity contribution < 1.29 is 0 Å². The summed E-state index contributed by atoms with van der Waals surface area (Å²) in [6.07, 6.45) is 4.73. The third-order valence-electron chi connectivity index (χ3n) is 2.10. The molecule has 0 unspecified atom stereocenters. The lowest BCUT2D eigenvalue weighted by molar-refractivity contribution is 0.852. The van der Waals surface area contributed by atoms with Crippen LogP contribution in [0.25, 0.3) is 0 Å². The highest BCUT2D eigenvalue weighted by molar-refractivity contribution is 5.79. The van der Waals surface area contributed by atoms with E-state index < -0.39 is 0 Å². The van der Waals surface area contributed by atoms with Crippen LogP contribution in [0.3, 0.4) is 0 Å². The van der Waals surface area contributed by atoms with Crippen molar-refractivity contribution in [3.63, 3.8) is 0 Å². The van der Waals surface area contributed by atoms with Crippen molar-refractivity contribution in [2.45, 2.75) is 12.8 Å². The van der Waals surface area contributed by atoms with E-state index in [0.29, 0.717) is 0 Å². The molecule has 1 aliphatic carbocycles. The van der Waals surface area contributed by atoms with Gasteiger partial charge in [0.2, 0.25) is 0 Å². The molecule has 0 atom stereocenters. The van der Waals surface area contributed by atoms with Crippen molar-refractivity contribution in [3.05, 3.63) is 35.9 Å². The standard InChI is InChI=1S/C11H13N/c1-2-4-10(5-3-1)8-12-9-11-6-7-11/h1-5,8,11H,6-7,9H2. The maximum atomic E-state index is 4.38. The van der Waals surface area contributed by atoms with Crippen molar-refractivity contribution in [2.75, 3.05) is 6.54 Å². The Kier molecular flexibility index (Phi) is 2.21. The molecule has 1 nitrogen and oxygen atoms in total. The van der Waals surface area contributed by atoms with E-state index in [9.17, 15) is 0 Å². The summed E-state index contributed by atoms with van der Waals surface area (Å²) in [6, 6.07) is 10.3. The second-order valence-corrected chi connectivity index (χ2v) is 3.35. The minimum atomic E-state index is 0.893. The highest BCUT2D eigenvalue weighted by Crippen LogP contribution is 2.28. The molecule has 0 heterocycles. The van der Waals surface area contributed by atoms with E-state index in [-0.39, 0.29) is 0 Å². The first-order chi connectivity index (χ1) is 5.95. The molecule has 0 aromatic heterocycles. The molecule has 0 bridgehead atoms. The maximum absolute atomic E-state index is 4.38. The third kappa shape index (κ3) is 2.19. The minimum absolute atomic E-state index is 0.893. The van der Waals surface area contributed by atoms with Crippen molar-refractivity contribution >= 4 is 6.21 Å². The molecule has 0 radical (unpaired) electrons. The molecule has 1 aliphatic rings. The smallest absolute Gasteiger partial charge is 0.0417 e. The van der Waals surface area contributed by atoms with Crippen LogP contribution in [0, 0.1) is 5.92 Å². The van der Waals surface area contributed by atoms with E-state index in [1.165, 1.54) is 18.4 Å². The van der Waals surface area contributed by atoms with Crippen LogP contribution in [-0.4, -0.2) is 12.8 Å². The van der Waals surface area contributed by atoms with E-state index in [2.05, 4.69) is 17.1 Å². The average Bonchev–Trinajstić information content (AvgIpc) is 2.90. The molecule has 1 saturated carbocycles. The minimum Gasteiger partial charge on any atom is -0.292 e. The normalized spacial score (nSPS) is 17.0. The van der Waals surface area contributed by atoms with Gasteiger partial charge in [-0.2, -0.15) is 0 Å². The Morgan fingerprint density at radius 3 is 2.67 bits per heavy atom. The fourth-order valence-corrected chi connectivity index (χ4v) is 1.15. The lowest BCUT2D eigenvalue weighted by atomic mass is 10.2. The molecule has 0 amide bonds. The molecule has 1 aromatic rings. The Bertz CT molecular complexity index is 260. The zero-order valence-electron chi connectivity index (χ0n) is 7.11.